The van der Waals surface area contributed by atoms with Gasteiger partial charge in [0.25, 0.3) is 5.91 Å². The molecule has 0 spiro atoms. The van der Waals surface area contributed by atoms with Gasteiger partial charge in [-0.2, -0.15) is 5.10 Å². The van der Waals surface area contributed by atoms with Crippen LogP contribution in [0.15, 0.2) is 12.3 Å². The molecule has 1 rings (SSSR count). The van der Waals surface area contributed by atoms with E-state index in [-0.39, 0.29) is 18.9 Å². The third-order valence-electron chi connectivity index (χ3n) is 2.44. The SMILES string of the molecule is CCOCCCNC(=O)c1ccnn1CCC(=O)O. The summed E-state index contributed by atoms with van der Waals surface area (Å²) in [6, 6.07) is 1.57. The maximum absolute atomic E-state index is 11.8. The van der Waals surface area contributed by atoms with Crippen molar-refractivity contribution in [2.45, 2.75) is 26.3 Å². The fourth-order valence-corrected chi connectivity index (χ4v) is 1.52. The van der Waals surface area contributed by atoms with Gasteiger partial charge in [0.2, 0.25) is 0 Å². The first-order valence-corrected chi connectivity index (χ1v) is 6.24. The van der Waals surface area contributed by atoms with Gasteiger partial charge >= 0.3 is 5.97 Å². The van der Waals surface area contributed by atoms with E-state index in [4.69, 9.17) is 9.84 Å². The lowest BCUT2D eigenvalue weighted by Crippen LogP contribution is -2.28. The molecule has 1 aromatic rings. The minimum Gasteiger partial charge on any atom is -0.481 e. The van der Waals surface area contributed by atoms with E-state index in [0.717, 1.165) is 6.42 Å². The number of carbonyl (C=O) groups is 2. The summed E-state index contributed by atoms with van der Waals surface area (Å²) in [5.74, 6) is -1.17. The molecule has 7 nitrogen and oxygen atoms in total. The van der Waals surface area contributed by atoms with Crippen molar-refractivity contribution in [2.24, 2.45) is 0 Å². The van der Waals surface area contributed by atoms with E-state index < -0.39 is 5.97 Å². The van der Waals surface area contributed by atoms with Crippen molar-refractivity contribution >= 4 is 11.9 Å². The first kappa shape index (κ1) is 15.2. The van der Waals surface area contributed by atoms with Crippen LogP contribution in [0.2, 0.25) is 0 Å². The van der Waals surface area contributed by atoms with Crippen molar-refractivity contribution in [1.82, 2.24) is 15.1 Å². The molecule has 0 saturated carbocycles. The molecule has 0 aliphatic rings. The lowest BCUT2D eigenvalue weighted by Gasteiger charge is -2.07. The average molecular weight is 269 g/mol. The van der Waals surface area contributed by atoms with E-state index in [1.54, 1.807) is 6.07 Å². The minimum absolute atomic E-state index is 0.0632. The molecule has 106 valence electrons. The summed E-state index contributed by atoms with van der Waals surface area (Å²) in [7, 11) is 0. The fourth-order valence-electron chi connectivity index (χ4n) is 1.52. The van der Waals surface area contributed by atoms with Crippen LogP contribution < -0.4 is 5.32 Å². The molecule has 2 N–H and O–H groups in total. The number of hydrogen-bond donors (Lipinski definition) is 2. The maximum Gasteiger partial charge on any atom is 0.305 e. The van der Waals surface area contributed by atoms with Crippen molar-refractivity contribution in [2.75, 3.05) is 19.8 Å². The largest absolute Gasteiger partial charge is 0.481 e. The summed E-state index contributed by atoms with van der Waals surface area (Å²) in [5.41, 5.74) is 0.373. The highest BCUT2D eigenvalue weighted by atomic mass is 16.5. The molecule has 7 heteroatoms. The van der Waals surface area contributed by atoms with Crippen molar-refractivity contribution in [1.29, 1.82) is 0 Å². The first-order valence-electron chi connectivity index (χ1n) is 6.24. The molecular formula is C12H19N3O4. The second-order valence-corrected chi connectivity index (χ2v) is 3.89. The highest BCUT2D eigenvalue weighted by Crippen LogP contribution is 2.00. The number of carboxylic acid groups (broad SMARTS) is 1. The zero-order valence-electron chi connectivity index (χ0n) is 11.0. The quantitative estimate of drug-likeness (QED) is 0.637. The fraction of sp³-hybridized carbons (Fsp3) is 0.583. The zero-order valence-corrected chi connectivity index (χ0v) is 11.0. The molecule has 0 aliphatic carbocycles. The van der Waals surface area contributed by atoms with Crippen molar-refractivity contribution in [3.8, 4) is 0 Å². The molecule has 0 atom stereocenters. The number of hydrogen-bond acceptors (Lipinski definition) is 4. The van der Waals surface area contributed by atoms with Crippen LogP contribution in [0.4, 0.5) is 0 Å². The van der Waals surface area contributed by atoms with Crippen LogP contribution in [0.1, 0.15) is 30.3 Å². The van der Waals surface area contributed by atoms with Crippen LogP contribution >= 0.6 is 0 Å². The normalized spacial score (nSPS) is 10.4. The Morgan fingerprint density at radius 3 is 3.00 bits per heavy atom. The number of rotatable bonds is 9. The van der Waals surface area contributed by atoms with Gasteiger partial charge in [-0.3, -0.25) is 14.3 Å². The summed E-state index contributed by atoms with van der Waals surface area (Å²) in [5, 5.41) is 15.3. The summed E-state index contributed by atoms with van der Waals surface area (Å²) < 4.78 is 6.56. The Labute approximate surface area is 111 Å². The Hall–Kier alpha value is -1.89. The summed E-state index contributed by atoms with van der Waals surface area (Å²) in [6.45, 7) is 3.89. The molecule has 0 radical (unpaired) electrons. The highest BCUT2D eigenvalue weighted by Gasteiger charge is 2.12. The van der Waals surface area contributed by atoms with E-state index in [9.17, 15) is 9.59 Å². The number of aryl methyl sites for hydroxylation is 1. The van der Waals surface area contributed by atoms with Crippen LogP contribution in [0, 0.1) is 0 Å². The highest BCUT2D eigenvalue weighted by molar-refractivity contribution is 5.92. The standard InChI is InChI=1S/C12H19N3O4/c1-2-19-9-3-6-13-12(18)10-4-7-14-15(10)8-5-11(16)17/h4,7H,2-3,5-6,8-9H2,1H3,(H,13,18)(H,16,17). The number of nitrogens with zero attached hydrogens (tertiary/aromatic N) is 2. The monoisotopic (exact) mass is 269 g/mol. The topological polar surface area (TPSA) is 93.5 Å². The number of ether oxygens (including phenoxy) is 1. The van der Waals surface area contributed by atoms with E-state index in [2.05, 4.69) is 10.4 Å². The van der Waals surface area contributed by atoms with Gasteiger partial charge in [-0.25, -0.2) is 0 Å². The molecule has 0 aromatic carbocycles. The van der Waals surface area contributed by atoms with E-state index in [1.807, 2.05) is 6.92 Å². The molecule has 0 bridgehead atoms. The summed E-state index contributed by atoms with van der Waals surface area (Å²) in [6.07, 6.45) is 2.16. The van der Waals surface area contributed by atoms with Crippen molar-refractivity contribution < 1.29 is 19.4 Å². The average Bonchev–Trinajstić information content (AvgIpc) is 2.84. The minimum atomic E-state index is -0.918. The van der Waals surface area contributed by atoms with Crippen LogP contribution in [0.3, 0.4) is 0 Å². The van der Waals surface area contributed by atoms with Crippen LogP contribution in [0.25, 0.3) is 0 Å². The Balaban J connectivity index is 2.39. The Bertz CT molecular complexity index is 417. The van der Waals surface area contributed by atoms with Gasteiger partial charge in [-0.05, 0) is 19.4 Å². The summed E-state index contributed by atoms with van der Waals surface area (Å²) in [4.78, 5) is 22.3. The van der Waals surface area contributed by atoms with Gasteiger partial charge in [-0.15, -0.1) is 0 Å². The Morgan fingerprint density at radius 1 is 1.53 bits per heavy atom. The molecule has 19 heavy (non-hydrogen) atoms. The zero-order chi connectivity index (χ0) is 14.1. The predicted molar refractivity (Wildman–Crippen MR) is 67.9 cm³/mol. The number of carboxylic acids is 1. The molecule has 0 saturated heterocycles. The molecule has 0 unspecified atom stereocenters. The van der Waals surface area contributed by atoms with Gasteiger partial charge in [0.05, 0.1) is 13.0 Å². The Kier molecular flexibility index (Phi) is 6.59. The van der Waals surface area contributed by atoms with Crippen LogP contribution in [0.5, 0.6) is 0 Å². The van der Waals surface area contributed by atoms with Gasteiger partial charge < -0.3 is 15.2 Å². The maximum atomic E-state index is 11.8. The molecule has 1 aromatic heterocycles. The van der Waals surface area contributed by atoms with E-state index in [1.165, 1.54) is 10.9 Å². The first-order chi connectivity index (χ1) is 9.15. The van der Waals surface area contributed by atoms with Crippen molar-refractivity contribution in [3.63, 3.8) is 0 Å². The third kappa shape index (κ3) is 5.52. The molecule has 0 aliphatic heterocycles. The van der Waals surface area contributed by atoms with E-state index in [0.29, 0.717) is 25.5 Å². The van der Waals surface area contributed by atoms with Crippen LogP contribution in [-0.4, -0.2) is 46.5 Å². The number of aromatic nitrogens is 2. The molecule has 0 fully saturated rings. The van der Waals surface area contributed by atoms with Gasteiger partial charge in [0, 0.05) is 26.0 Å². The number of aliphatic carboxylic acids is 1. The van der Waals surface area contributed by atoms with Gasteiger partial charge in [0.1, 0.15) is 5.69 Å². The number of nitrogens with one attached hydrogen (secondary N) is 1. The Morgan fingerprint density at radius 2 is 2.32 bits per heavy atom. The second kappa shape index (κ2) is 8.25. The lowest BCUT2D eigenvalue weighted by molar-refractivity contribution is -0.137. The summed E-state index contributed by atoms with van der Waals surface area (Å²) >= 11 is 0. The van der Waals surface area contributed by atoms with Gasteiger partial charge in [-0.1, -0.05) is 0 Å². The smallest absolute Gasteiger partial charge is 0.305 e. The van der Waals surface area contributed by atoms with Crippen molar-refractivity contribution in [3.05, 3.63) is 18.0 Å². The number of amides is 1. The van der Waals surface area contributed by atoms with Gasteiger partial charge in [0.15, 0.2) is 0 Å². The molecule has 1 amide bonds. The molecule has 1 heterocycles. The predicted octanol–water partition coefficient (Wildman–Crippen LogP) is 0.514. The third-order valence-corrected chi connectivity index (χ3v) is 2.44. The van der Waals surface area contributed by atoms with Crippen LogP contribution in [-0.2, 0) is 16.1 Å². The number of carbonyl (C=O) groups excluding carboxylic acids is 1. The lowest BCUT2D eigenvalue weighted by atomic mass is 10.3. The second-order valence-electron chi connectivity index (χ2n) is 3.89. The molecular weight excluding hydrogens is 250 g/mol. The van der Waals surface area contributed by atoms with E-state index >= 15 is 0 Å².